The molecule has 0 fully saturated rings. The van der Waals surface area contributed by atoms with Gasteiger partial charge in [-0.25, -0.2) is 0 Å². The number of anilines is 1. The average molecular weight is 165 g/mol. The third-order valence-corrected chi connectivity index (χ3v) is 1.77. The van der Waals surface area contributed by atoms with Gasteiger partial charge >= 0.3 is 0 Å². The second-order valence-electron chi connectivity index (χ2n) is 2.40. The van der Waals surface area contributed by atoms with E-state index in [2.05, 4.69) is 5.32 Å². The molecule has 0 bridgehead atoms. The fraction of sp³-hybridized carbons (Fsp3) is 0.222. The molecule has 12 heavy (non-hydrogen) atoms. The average Bonchev–Trinajstić information content (AvgIpc) is 2.16. The molecule has 0 atom stereocenters. The minimum Gasteiger partial charge on any atom is -0.392 e. The highest BCUT2D eigenvalue weighted by Crippen LogP contribution is 2.17. The number of hydrogen-bond acceptors (Lipinski definition) is 3. The molecule has 0 aliphatic heterocycles. The molecule has 1 aromatic carbocycles. The Bertz CT molecular complexity index is 284. The van der Waals surface area contributed by atoms with Crippen LogP contribution in [0.2, 0.25) is 0 Å². The van der Waals surface area contributed by atoms with Crippen LogP contribution >= 0.6 is 0 Å². The third-order valence-electron chi connectivity index (χ3n) is 1.77. The van der Waals surface area contributed by atoms with E-state index in [1.54, 1.807) is 19.2 Å². The number of aliphatic hydroxyl groups is 1. The van der Waals surface area contributed by atoms with E-state index in [1.165, 1.54) is 0 Å². The standard InChI is InChI=1S/C9H11NO2/c1-10-9-4-2-3-7(5-11)8(9)6-12/h2-5,10,12H,6H2,1H3. The molecule has 0 saturated heterocycles. The van der Waals surface area contributed by atoms with E-state index in [-0.39, 0.29) is 6.61 Å². The monoisotopic (exact) mass is 165 g/mol. The van der Waals surface area contributed by atoms with Crippen LogP contribution in [0.1, 0.15) is 15.9 Å². The van der Waals surface area contributed by atoms with Crippen molar-refractivity contribution < 1.29 is 9.90 Å². The molecule has 0 saturated carbocycles. The number of nitrogens with one attached hydrogen (secondary N) is 1. The first-order valence-corrected chi connectivity index (χ1v) is 3.69. The summed E-state index contributed by atoms with van der Waals surface area (Å²) in [4.78, 5) is 10.5. The van der Waals surface area contributed by atoms with E-state index in [4.69, 9.17) is 5.11 Å². The van der Waals surface area contributed by atoms with E-state index < -0.39 is 0 Å². The SMILES string of the molecule is CNc1cccc(C=O)c1CO. The second kappa shape index (κ2) is 3.88. The summed E-state index contributed by atoms with van der Waals surface area (Å²) >= 11 is 0. The fourth-order valence-electron chi connectivity index (χ4n) is 1.13. The number of hydrogen-bond donors (Lipinski definition) is 2. The Balaban J connectivity index is 3.21. The van der Waals surface area contributed by atoms with Gasteiger partial charge in [0.15, 0.2) is 0 Å². The Morgan fingerprint density at radius 2 is 2.33 bits per heavy atom. The fourth-order valence-corrected chi connectivity index (χ4v) is 1.13. The van der Waals surface area contributed by atoms with E-state index in [0.29, 0.717) is 11.1 Å². The highest BCUT2D eigenvalue weighted by Gasteiger charge is 2.04. The molecule has 0 radical (unpaired) electrons. The van der Waals surface area contributed by atoms with Crippen LogP contribution < -0.4 is 5.32 Å². The lowest BCUT2D eigenvalue weighted by Crippen LogP contribution is -1.99. The maximum absolute atomic E-state index is 10.5. The number of aldehydes is 1. The van der Waals surface area contributed by atoms with Crippen LogP contribution in [0.3, 0.4) is 0 Å². The van der Waals surface area contributed by atoms with Crippen molar-refractivity contribution in [2.45, 2.75) is 6.61 Å². The molecule has 0 heterocycles. The van der Waals surface area contributed by atoms with E-state index in [1.807, 2.05) is 6.07 Å². The van der Waals surface area contributed by atoms with Crippen LogP contribution in [0.5, 0.6) is 0 Å². The molecule has 3 heteroatoms. The molecule has 1 aromatic rings. The molecule has 0 aliphatic rings. The summed E-state index contributed by atoms with van der Waals surface area (Å²) in [7, 11) is 1.75. The molecule has 1 rings (SSSR count). The highest BCUT2D eigenvalue weighted by molar-refractivity contribution is 5.80. The van der Waals surface area contributed by atoms with Gasteiger partial charge in [0.1, 0.15) is 6.29 Å². The predicted octanol–water partition coefficient (Wildman–Crippen LogP) is 1.03. The molecule has 3 nitrogen and oxygen atoms in total. The Labute approximate surface area is 71.0 Å². The quantitative estimate of drug-likeness (QED) is 0.658. The lowest BCUT2D eigenvalue weighted by atomic mass is 10.1. The van der Waals surface area contributed by atoms with Crippen molar-refractivity contribution in [2.75, 3.05) is 12.4 Å². The summed E-state index contributed by atoms with van der Waals surface area (Å²) in [5, 5.41) is 11.9. The summed E-state index contributed by atoms with van der Waals surface area (Å²) in [6.45, 7) is -0.120. The maximum atomic E-state index is 10.5. The van der Waals surface area contributed by atoms with Gasteiger partial charge in [-0.05, 0) is 6.07 Å². The zero-order chi connectivity index (χ0) is 8.97. The van der Waals surface area contributed by atoms with Crippen molar-refractivity contribution in [2.24, 2.45) is 0 Å². The van der Waals surface area contributed by atoms with Gasteiger partial charge in [0.2, 0.25) is 0 Å². The van der Waals surface area contributed by atoms with Crippen LogP contribution in [0.4, 0.5) is 5.69 Å². The van der Waals surface area contributed by atoms with Crippen LogP contribution in [0, 0.1) is 0 Å². The largest absolute Gasteiger partial charge is 0.392 e. The van der Waals surface area contributed by atoms with Gasteiger partial charge in [0.05, 0.1) is 6.61 Å². The third kappa shape index (κ3) is 1.46. The summed E-state index contributed by atoms with van der Waals surface area (Å²) in [5.41, 5.74) is 1.97. The van der Waals surface area contributed by atoms with Crippen molar-refractivity contribution >= 4 is 12.0 Å². The van der Waals surface area contributed by atoms with Crippen LogP contribution in [0.15, 0.2) is 18.2 Å². The van der Waals surface area contributed by atoms with Crippen LogP contribution in [0.25, 0.3) is 0 Å². The van der Waals surface area contributed by atoms with Gasteiger partial charge in [0, 0.05) is 23.9 Å². The molecule has 0 aromatic heterocycles. The van der Waals surface area contributed by atoms with Gasteiger partial charge in [-0.2, -0.15) is 0 Å². The predicted molar refractivity (Wildman–Crippen MR) is 47.3 cm³/mol. The van der Waals surface area contributed by atoms with Gasteiger partial charge in [0.25, 0.3) is 0 Å². The van der Waals surface area contributed by atoms with Crippen LogP contribution in [-0.4, -0.2) is 18.4 Å². The highest BCUT2D eigenvalue weighted by atomic mass is 16.3. The van der Waals surface area contributed by atoms with Gasteiger partial charge in [-0.3, -0.25) is 4.79 Å². The number of benzene rings is 1. The van der Waals surface area contributed by atoms with E-state index in [0.717, 1.165) is 12.0 Å². The second-order valence-corrected chi connectivity index (χ2v) is 2.40. The minimum absolute atomic E-state index is 0.120. The summed E-state index contributed by atoms with van der Waals surface area (Å²) in [5.74, 6) is 0. The van der Waals surface area contributed by atoms with E-state index >= 15 is 0 Å². The minimum atomic E-state index is -0.120. The lowest BCUT2D eigenvalue weighted by molar-refractivity contribution is 0.112. The first-order chi connectivity index (χ1) is 5.83. The van der Waals surface area contributed by atoms with Crippen molar-refractivity contribution in [1.82, 2.24) is 0 Å². The first-order valence-electron chi connectivity index (χ1n) is 3.69. The lowest BCUT2D eigenvalue weighted by Gasteiger charge is -2.07. The van der Waals surface area contributed by atoms with Gasteiger partial charge in [-0.1, -0.05) is 12.1 Å². The maximum Gasteiger partial charge on any atom is 0.150 e. The Morgan fingerprint density at radius 3 is 2.83 bits per heavy atom. The van der Waals surface area contributed by atoms with Crippen LogP contribution in [-0.2, 0) is 6.61 Å². The summed E-state index contributed by atoms with van der Waals surface area (Å²) in [6, 6.07) is 5.27. The molecular weight excluding hydrogens is 154 g/mol. The molecular formula is C9H11NO2. The normalized spacial score (nSPS) is 9.50. The number of aliphatic hydroxyl groups excluding tert-OH is 1. The molecule has 0 aliphatic carbocycles. The zero-order valence-corrected chi connectivity index (χ0v) is 6.87. The molecule has 0 amide bonds. The Morgan fingerprint density at radius 1 is 1.58 bits per heavy atom. The van der Waals surface area contributed by atoms with Crippen molar-refractivity contribution in [3.8, 4) is 0 Å². The number of carbonyl (C=O) groups excluding carboxylic acids is 1. The molecule has 0 unspecified atom stereocenters. The van der Waals surface area contributed by atoms with E-state index in [9.17, 15) is 4.79 Å². The number of carbonyl (C=O) groups is 1. The molecule has 64 valence electrons. The topological polar surface area (TPSA) is 49.3 Å². The van der Waals surface area contributed by atoms with Gasteiger partial charge < -0.3 is 10.4 Å². The first kappa shape index (κ1) is 8.74. The summed E-state index contributed by atoms with van der Waals surface area (Å²) < 4.78 is 0. The Kier molecular flexibility index (Phi) is 2.82. The summed E-state index contributed by atoms with van der Waals surface area (Å²) in [6.07, 6.45) is 0.742. The van der Waals surface area contributed by atoms with Crippen molar-refractivity contribution in [3.05, 3.63) is 29.3 Å². The smallest absolute Gasteiger partial charge is 0.150 e. The zero-order valence-electron chi connectivity index (χ0n) is 6.87. The molecule has 0 spiro atoms. The Hall–Kier alpha value is -1.35. The van der Waals surface area contributed by atoms with Crippen molar-refractivity contribution in [3.63, 3.8) is 0 Å². The molecule has 2 N–H and O–H groups in total. The van der Waals surface area contributed by atoms with Gasteiger partial charge in [-0.15, -0.1) is 0 Å². The van der Waals surface area contributed by atoms with Crippen molar-refractivity contribution in [1.29, 1.82) is 0 Å². The number of rotatable bonds is 3.